The average Bonchev–Trinajstić information content (AvgIpc) is 2.33. The Morgan fingerprint density at radius 3 is 2.67 bits per heavy atom. The molecule has 5 heteroatoms. The van der Waals surface area contributed by atoms with Gasteiger partial charge in [0.05, 0.1) is 6.42 Å². The highest BCUT2D eigenvalue weighted by Crippen LogP contribution is 2.15. The maximum atomic E-state index is 13.3. The van der Waals surface area contributed by atoms with E-state index < -0.39 is 11.6 Å². The maximum absolute atomic E-state index is 13.3. The van der Waals surface area contributed by atoms with Gasteiger partial charge in [-0.1, -0.05) is 26.0 Å². The molecule has 1 aromatic rings. The zero-order valence-corrected chi connectivity index (χ0v) is 11.2. The number of hydrogen-bond donors (Lipinski definition) is 1. The van der Waals surface area contributed by atoms with Gasteiger partial charge in [-0.2, -0.15) is 0 Å². The van der Waals surface area contributed by atoms with Gasteiger partial charge in [-0.05, 0) is 11.5 Å². The molecule has 0 unspecified atom stereocenters. The molecule has 1 amide bonds. The second kappa shape index (κ2) is 6.14. The quantitative estimate of drug-likeness (QED) is 0.823. The number of halogens is 3. The second-order valence-electron chi connectivity index (χ2n) is 4.96. The smallest absolute Gasteiger partial charge is 0.224 e. The highest BCUT2D eigenvalue weighted by Gasteiger charge is 2.18. The third kappa shape index (κ3) is 4.26. The predicted molar refractivity (Wildman–Crippen MR) is 67.6 cm³/mol. The Hall–Kier alpha value is -1.16. The molecule has 0 aromatic heterocycles. The van der Waals surface area contributed by atoms with E-state index in [0.717, 1.165) is 6.07 Å². The van der Waals surface area contributed by atoms with Crippen molar-refractivity contribution in [2.75, 3.05) is 12.4 Å². The van der Waals surface area contributed by atoms with Gasteiger partial charge in [0.15, 0.2) is 11.6 Å². The lowest BCUT2D eigenvalue weighted by molar-refractivity contribution is -0.120. The summed E-state index contributed by atoms with van der Waals surface area (Å²) in [7, 11) is 0. The third-order valence-corrected chi connectivity index (χ3v) is 3.23. The van der Waals surface area contributed by atoms with Crippen LogP contribution >= 0.6 is 11.6 Å². The Morgan fingerprint density at radius 2 is 2.06 bits per heavy atom. The summed E-state index contributed by atoms with van der Waals surface area (Å²) in [5, 5.41) is 2.66. The topological polar surface area (TPSA) is 29.1 Å². The van der Waals surface area contributed by atoms with Crippen LogP contribution in [0.2, 0.25) is 0 Å². The van der Waals surface area contributed by atoms with E-state index in [9.17, 15) is 13.6 Å². The van der Waals surface area contributed by atoms with Crippen LogP contribution in [0.1, 0.15) is 19.4 Å². The van der Waals surface area contributed by atoms with Crippen LogP contribution in [0.15, 0.2) is 18.2 Å². The lowest BCUT2D eigenvalue weighted by atomic mass is 9.96. The fourth-order valence-corrected chi connectivity index (χ4v) is 1.40. The molecular weight excluding hydrogens is 260 g/mol. The van der Waals surface area contributed by atoms with E-state index in [-0.39, 0.29) is 23.3 Å². The number of benzene rings is 1. The zero-order chi connectivity index (χ0) is 13.8. The Morgan fingerprint density at radius 1 is 1.39 bits per heavy atom. The van der Waals surface area contributed by atoms with Gasteiger partial charge >= 0.3 is 0 Å². The lowest BCUT2D eigenvalue weighted by Crippen LogP contribution is -2.35. The molecule has 0 radical (unpaired) electrons. The van der Waals surface area contributed by atoms with E-state index in [1.54, 1.807) is 0 Å². The van der Waals surface area contributed by atoms with E-state index in [1.165, 1.54) is 12.1 Å². The van der Waals surface area contributed by atoms with Crippen molar-refractivity contribution in [2.45, 2.75) is 20.3 Å². The Balaban J connectivity index is 2.58. The Bertz CT molecular complexity index is 435. The summed E-state index contributed by atoms with van der Waals surface area (Å²) in [6.45, 7) is 4.21. The van der Waals surface area contributed by atoms with Crippen LogP contribution in [0, 0.1) is 17.0 Å². The average molecular weight is 276 g/mol. The minimum absolute atomic E-state index is 0.0520. The molecule has 0 fully saturated rings. The standard InChI is InChI=1S/C13H16ClF2NO/c1-13(2,7-14)8-17-11(18)6-9-4-3-5-10(15)12(9)16/h3-5H,6-8H2,1-2H3,(H,17,18). The van der Waals surface area contributed by atoms with E-state index in [4.69, 9.17) is 11.6 Å². The lowest BCUT2D eigenvalue weighted by Gasteiger charge is -2.21. The normalized spacial score (nSPS) is 11.4. The molecule has 18 heavy (non-hydrogen) atoms. The SMILES string of the molecule is CC(C)(CCl)CNC(=O)Cc1cccc(F)c1F. The van der Waals surface area contributed by atoms with E-state index >= 15 is 0 Å². The summed E-state index contributed by atoms with van der Waals surface area (Å²) in [4.78, 5) is 11.6. The van der Waals surface area contributed by atoms with Gasteiger partial charge in [0, 0.05) is 18.0 Å². The van der Waals surface area contributed by atoms with Crippen LogP contribution in [0.5, 0.6) is 0 Å². The first kappa shape index (κ1) is 14.9. The zero-order valence-electron chi connectivity index (χ0n) is 10.4. The van der Waals surface area contributed by atoms with E-state index in [2.05, 4.69) is 5.32 Å². The molecule has 1 rings (SSSR count). The summed E-state index contributed by atoms with van der Waals surface area (Å²) in [6, 6.07) is 3.79. The largest absolute Gasteiger partial charge is 0.355 e. The van der Waals surface area contributed by atoms with Crippen molar-refractivity contribution >= 4 is 17.5 Å². The molecule has 2 nitrogen and oxygen atoms in total. The Kier molecular flexibility index (Phi) is 5.08. The second-order valence-corrected chi connectivity index (χ2v) is 5.23. The number of alkyl halides is 1. The van der Waals surface area contributed by atoms with E-state index in [1.807, 2.05) is 13.8 Å². The van der Waals surface area contributed by atoms with Crippen LogP contribution in [0.3, 0.4) is 0 Å². The minimum atomic E-state index is -0.968. The monoisotopic (exact) mass is 275 g/mol. The van der Waals surface area contributed by atoms with Crippen molar-refractivity contribution < 1.29 is 13.6 Å². The summed E-state index contributed by atoms with van der Waals surface area (Å²) in [5.41, 5.74) is -0.172. The fraction of sp³-hybridized carbons (Fsp3) is 0.462. The van der Waals surface area contributed by atoms with Gasteiger partial charge in [-0.15, -0.1) is 11.6 Å². The molecule has 100 valence electrons. The summed E-state index contributed by atoms with van der Waals surface area (Å²) < 4.78 is 26.3. The van der Waals surface area contributed by atoms with Crippen molar-refractivity contribution in [1.29, 1.82) is 0 Å². The Labute approximate surface area is 110 Å². The van der Waals surface area contributed by atoms with Crippen LogP contribution in [0.4, 0.5) is 8.78 Å². The number of nitrogens with one attached hydrogen (secondary N) is 1. The number of amides is 1. The molecule has 0 spiro atoms. The first-order valence-electron chi connectivity index (χ1n) is 5.61. The van der Waals surface area contributed by atoms with Crippen molar-refractivity contribution in [3.63, 3.8) is 0 Å². The van der Waals surface area contributed by atoms with Crippen LogP contribution in [-0.2, 0) is 11.2 Å². The highest BCUT2D eigenvalue weighted by atomic mass is 35.5. The molecular formula is C13H16ClF2NO. The number of carbonyl (C=O) groups is 1. The predicted octanol–water partition coefficient (Wildman–Crippen LogP) is 2.89. The molecule has 0 aliphatic heterocycles. The van der Waals surface area contributed by atoms with Crippen molar-refractivity contribution in [2.24, 2.45) is 5.41 Å². The van der Waals surface area contributed by atoms with Gasteiger partial charge in [0.25, 0.3) is 0 Å². The van der Waals surface area contributed by atoms with Crippen molar-refractivity contribution in [3.05, 3.63) is 35.4 Å². The van der Waals surface area contributed by atoms with Crippen molar-refractivity contribution in [1.82, 2.24) is 5.32 Å². The summed E-state index contributed by atoms with van der Waals surface area (Å²) in [5.74, 6) is -1.86. The highest BCUT2D eigenvalue weighted by molar-refractivity contribution is 6.18. The van der Waals surface area contributed by atoms with Gasteiger partial charge < -0.3 is 5.32 Å². The number of rotatable bonds is 5. The van der Waals surface area contributed by atoms with Gasteiger partial charge in [0.1, 0.15) is 0 Å². The number of carbonyl (C=O) groups excluding carboxylic acids is 1. The van der Waals surface area contributed by atoms with Crippen molar-refractivity contribution in [3.8, 4) is 0 Å². The van der Waals surface area contributed by atoms with Crippen LogP contribution < -0.4 is 5.32 Å². The molecule has 0 aliphatic rings. The maximum Gasteiger partial charge on any atom is 0.224 e. The van der Waals surface area contributed by atoms with Gasteiger partial charge in [-0.25, -0.2) is 8.78 Å². The van der Waals surface area contributed by atoms with Crippen LogP contribution in [0.25, 0.3) is 0 Å². The molecule has 0 aliphatic carbocycles. The molecule has 1 aromatic carbocycles. The van der Waals surface area contributed by atoms with Gasteiger partial charge in [0.2, 0.25) is 5.91 Å². The molecule has 0 saturated carbocycles. The molecule has 0 saturated heterocycles. The minimum Gasteiger partial charge on any atom is -0.355 e. The molecule has 1 N–H and O–H groups in total. The van der Waals surface area contributed by atoms with Crippen LogP contribution in [-0.4, -0.2) is 18.3 Å². The van der Waals surface area contributed by atoms with E-state index in [0.29, 0.717) is 12.4 Å². The number of hydrogen-bond acceptors (Lipinski definition) is 1. The summed E-state index contributed by atoms with van der Waals surface area (Å²) in [6.07, 6.45) is -0.179. The molecule has 0 heterocycles. The first-order valence-corrected chi connectivity index (χ1v) is 6.15. The molecule has 0 bridgehead atoms. The first-order chi connectivity index (χ1) is 8.35. The fourth-order valence-electron chi connectivity index (χ4n) is 1.31. The third-order valence-electron chi connectivity index (χ3n) is 2.51. The summed E-state index contributed by atoms with van der Waals surface area (Å²) >= 11 is 5.72. The van der Waals surface area contributed by atoms with Gasteiger partial charge in [-0.3, -0.25) is 4.79 Å². The molecule has 0 atom stereocenters.